The van der Waals surface area contributed by atoms with Gasteiger partial charge in [0.15, 0.2) is 0 Å². The summed E-state index contributed by atoms with van der Waals surface area (Å²) >= 11 is 3.40. The van der Waals surface area contributed by atoms with Crippen LogP contribution in [0.2, 0.25) is 0 Å². The molecular weight excluding hydrogens is 318 g/mol. The molecule has 4 nitrogen and oxygen atoms in total. The zero-order valence-electron chi connectivity index (χ0n) is 12.4. The van der Waals surface area contributed by atoms with Gasteiger partial charge >= 0.3 is 0 Å². The predicted molar refractivity (Wildman–Crippen MR) is 83.9 cm³/mol. The third-order valence-corrected chi connectivity index (χ3v) is 4.83. The third-order valence-electron chi connectivity index (χ3n) is 4.03. The minimum absolute atomic E-state index is 0.0600. The Hall–Kier alpha value is -0.940. The number of nitrogens with one attached hydrogen (secondary N) is 1. The summed E-state index contributed by atoms with van der Waals surface area (Å²) in [5.74, 6) is -0.0600. The highest BCUT2D eigenvalue weighted by Crippen LogP contribution is 2.27. The maximum absolute atomic E-state index is 12.1. The Labute approximate surface area is 129 Å². The first-order valence-corrected chi connectivity index (χ1v) is 7.85. The van der Waals surface area contributed by atoms with Crippen molar-refractivity contribution in [3.05, 3.63) is 28.0 Å². The maximum atomic E-state index is 12.1. The molecule has 1 saturated heterocycles. The van der Waals surface area contributed by atoms with Crippen LogP contribution in [0.15, 0.2) is 16.7 Å². The highest BCUT2D eigenvalue weighted by atomic mass is 79.9. The molecule has 1 fully saturated rings. The van der Waals surface area contributed by atoms with Crippen LogP contribution < -0.4 is 5.32 Å². The molecule has 1 N–H and O–H groups in total. The van der Waals surface area contributed by atoms with Crippen molar-refractivity contribution in [3.63, 3.8) is 0 Å². The smallest absolute Gasteiger partial charge is 0.252 e. The molecule has 1 aromatic heterocycles. The van der Waals surface area contributed by atoms with Crippen molar-refractivity contribution < 1.29 is 4.79 Å². The van der Waals surface area contributed by atoms with E-state index in [0.717, 1.165) is 23.3 Å². The van der Waals surface area contributed by atoms with Gasteiger partial charge in [0.05, 0.1) is 11.3 Å². The summed E-state index contributed by atoms with van der Waals surface area (Å²) in [6.07, 6.45) is 4.10. The molecular formula is C15H22BrN3O. The number of aromatic nitrogens is 1. The Balaban J connectivity index is 1.85. The fourth-order valence-corrected chi connectivity index (χ4v) is 2.96. The molecule has 0 atom stereocenters. The monoisotopic (exact) mass is 339 g/mol. The van der Waals surface area contributed by atoms with Gasteiger partial charge in [-0.15, -0.1) is 0 Å². The molecule has 1 amide bonds. The van der Waals surface area contributed by atoms with Crippen LogP contribution in [0.4, 0.5) is 0 Å². The van der Waals surface area contributed by atoms with E-state index in [1.807, 2.05) is 13.0 Å². The van der Waals surface area contributed by atoms with Gasteiger partial charge in [-0.3, -0.25) is 14.7 Å². The van der Waals surface area contributed by atoms with Crippen molar-refractivity contribution in [1.29, 1.82) is 0 Å². The first kappa shape index (κ1) is 15.4. The van der Waals surface area contributed by atoms with Gasteiger partial charge in [0, 0.05) is 29.3 Å². The van der Waals surface area contributed by atoms with E-state index in [9.17, 15) is 4.79 Å². The second kappa shape index (κ2) is 6.22. The number of rotatable bonds is 4. The topological polar surface area (TPSA) is 45.2 Å². The number of halogens is 1. The molecule has 0 aromatic carbocycles. The van der Waals surface area contributed by atoms with Crippen molar-refractivity contribution in [2.45, 2.75) is 39.2 Å². The van der Waals surface area contributed by atoms with Gasteiger partial charge in [-0.2, -0.15) is 0 Å². The molecule has 1 aliphatic rings. The van der Waals surface area contributed by atoms with E-state index in [-0.39, 0.29) is 11.4 Å². The fourth-order valence-electron chi connectivity index (χ4n) is 2.61. The van der Waals surface area contributed by atoms with Crippen LogP contribution in [0.3, 0.4) is 0 Å². The number of hydrogen-bond donors (Lipinski definition) is 1. The fraction of sp³-hybridized carbons (Fsp3) is 0.600. The minimum atomic E-state index is -0.0600. The largest absolute Gasteiger partial charge is 0.351 e. The zero-order chi connectivity index (χ0) is 14.8. The molecule has 110 valence electrons. The average molecular weight is 340 g/mol. The van der Waals surface area contributed by atoms with Crippen molar-refractivity contribution in [2.24, 2.45) is 0 Å². The standard InChI is InChI=1S/C15H22BrN3O/c1-11-13(16)9-12(10-18-11)14(20)17-6-8-19-7-4-5-15(19,2)3/h9-10H,4-8H2,1-3H3,(H,17,20). The summed E-state index contributed by atoms with van der Waals surface area (Å²) in [5.41, 5.74) is 1.75. The molecule has 0 spiro atoms. The summed E-state index contributed by atoms with van der Waals surface area (Å²) in [6.45, 7) is 9.14. The van der Waals surface area contributed by atoms with Crippen LogP contribution >= 0.6 is 15.9 Å². The molecule has 5 heteroatoms. The van der Waals surface area contributed by atoms with E-state index >= 15 is 0 Å². The molecule has 2 heterocycles. The van der Waals surface area contributed by atoms with Crippen LogP contribution in [-0.4, -0.2) is 41.0 Å². The molecule has 0 saturated carbocycles. The Morgan fingerprint density at radius 1 is 1.55 bits per heavy atom. The van der Waals surface area contributed by atoms with Crippen LogP contribution in [0, 0.1) is 6.92 Å². The summed E-state index contributed by atoms with van der Waals surface area (Å²) in [7, 11) is 0. The van der Waals surface area contributed by atoms with E-state index < -0.39 is 0 Å². The van der Waals surface area contributed by atoms with Crippen LogP contribution in [-0.2, 0) is 0 Å². The normalized spacial score (nSPS) is 18.2. The van der Waals surface area contributed by atoms with Gasteiger partial charge < -0.3 is 5.32 Å². The number of carbonyl (C=O) groups is 1. The summed E-state index contributed by atoms with van der Waals surface area (Å²) in [6, 6.07) is 1.82. The first-order valence-electron chi connectivity index (χ1n) is 7.05. The number of carbonyl (C=O) groups excluding carboxylic acids is 1. The first-order chi connectivity index (χ1) is 9.40. The lowest BCUT2D eigenvalue weighted by Crippen LogP contribution is -2.43. The number of likely N-dealkylation sites (tertiary alicyclic amines) is 1. The Morgan fingerprint density at radius 3 is 2.90 bits per heavy atom. The quantitative estimate of drug-likeness (QED) is 0.917. The molecule has 1 aliphatic heterocycles. The Bertz CT molecular complexity index is 502. The number of nitrogens with zero attached hydrogens (tertiary/aromatic N) is 2. The SMILES string of the molecule is Cc1ncc(C(=O)NCCN2CCCC2(C)C)cc1Br. The number of amides is 1. The van der Waals surface area contributed by atoms with E-state index in [0.29, 0.717) is 12.1 Å². The van der Waals surface area contributed by atoms with Gasteiger partial charge in [0.25, 0.3) is 5.91 Å². The molecule has 0 radical (unpaired) electrons. The summed E-state index contributed by atoms with van der Waals surface area (Å²) in [4.78, 5) is 18.7. The van der Waals surface area contributed by atoms with Gasteiger partial charge in [-0.05, 0) is 62.2 Å². The molecule has 0 bridgehead atoms. The number of hydrogen-bond acceptors (Lipinski definition) is 3. The maximum Gasteiger partial charge on any atom is 0.252 e. The summed E-state index contributed by atoms with van der Waals surface area (Å²) in [5, 5.41) is 2.97. The van der Waals surface area contributed by atoms with Crippen LogP contribution in [0.1, 0.15) is 42.7 Å². The predicted octanol–water partition coefficient (Wildman–Crippen LogP) is 2.76. The zero-order valence-corrected chi connectivity index (χ0v) is 14.0. The van der Waals surface area contributed by atoms with Gasteiger partial charge in [-0.25, -0.2) is 0 Å². The van der Waals surface area contributed by atoms with Gasteiger partial charge in [0.1, 0.15) is 0 Å². The molecule has 0 unspecified atom stereocenters. The Morgan fingerprint density at radius 2 is 2.30 bits per heavy atom. The minimum Gasteiger partial charge on any atom is -0.351 e. The van der Waals surface area contributed by atoms with Crippen molar-refractivity contribution in [2.75, 3.05) is 19.6 Å². The lowest BCUT2D eigenvalue weighted by molar-refractivity contribution is 0.0939. The average Bonchev–Trinajstić information content (AvgIpc) is 2.72. The number of aryl methyl sites for hydroxylation is 1. The van der Waals surface area contributed by atoms with Crippen LogP contribution in [0.5, 0.6) is 0 Å². The second-order valence-corrected chi connectivity index (χ2v) is 6.80. The Kier molecular flexibility index (Phi) is 4.81. The second-order valence-electron chi connectivity index (χ2n) is 5.95. The van der Waals surface area contributed by atoms with Gasteiger partial charge in [0.2, 0.25) is 0 Å². The molecule has 20 heavy (non-hydrogen) atoms. The van der Waals surface area contributed by atoms with Crippen molar-refractivity contribution in [1.82, 2.24) is 15.2 Å². The third kappa shape index (κ3) is 3.58. The van der Waals surface area contributed by atoms with E-state index in [4.69, 9.17) is 0 Å². The lowest BCUT2D eigenvalue weighted by atomic mass is 10.0. The lowest BCUT2D eigenvalue weighted by Gasteiger charge is -2.31. The summed E-state index contributed by atoms with van der Waals surface area (Å²) < 4.78 is 0.867. The van der Waals surface area contributed by atoms with Crippen LogP contribution in [0.25, 0.3) is 0 Å². The highest BCUT2D eigenvalue weighted by molar-refractivity contribution is 9.10. The molecule has 2 rings (SSSR count). The molecule has 1 aromatic rings. The number of pyridine rings is 1. The highest BCUT2D eigenvalue weighted by Gasteiger charge is 2.31. The van der Waals surface area contributed by atoms with Crippen molar-refractivity contribution in [3.8, 4) is 0 Å². The van der Waals surface area contributed by atoms with E-state index in [1.54, 1.807) is 6.20 Å². The molecule has 0 aliphatic carbocycles. The van der Waals surface area contributed by atoms with E-state index in [2.05, 4.69) is 45.0 Å². The van der Waals surface area contributed by atoms with E-state index in [1.165, 1.54) is 12.8 Å². The van der Waals surface area contributed by atoms with Crippen molar-refractivity contribution >= 4 is 21.8 Å². The van der Waals surface area contributed by atoms with Gasteiger partial charge in [-0.1, -0.05) is 0 Å².